The van der Waals surface area contributed by atoms with E-state index in [0.29, 0.717) is 18.2 Å². The van der Waals surface area contributed by atoms with Crippen molar-refractivity contribution in [1.29, 1.82) is 0 Å². The fourth-order valence-corrected chi connectivity index (χ4v) is 4.01. The summed E-state index contributed by atoms with van der Waals surface area (Å²) in [5.41, 5.74) is 0. The van der Waals surface area contributed by atoms with Gasteiger partial charge in [-0.05, 0) is 31.6 Å². The standard InChI is InChI=1S/C17H34N2/c1-3-11-16-15(4-2)18-17(19-16)14-12-9-7-5-6-8-10-13-14/h14-19H,3-13H2,1-2H3. The van der Waals surface area contributed by atoms with Crippen LogP contribution in [-0.4, -0.2) is 18.2 Å². The fourth-order valence-electron chi connectivity index (χ4n) is 4.01. The second-order valence-electron chi connectivity index (χ2n) is 6.68. The molecule has 2 N–H and O–H groups in total. The van der Waals surface area contributed by atoms with Crippen LogP contribution in [0.5, 0.6) is 0 Å². The summed E-state index contributed by atoms with van der Waals surface area (Å²) < 4.78 is 0. The zero-order valence-corrected chi connectivity index (χ0v) is 13.1. The van der Waals surface area contributed by atoms with Crippen molar-refractivity contribution < 1.29 is 0 Å². The minimum atomic E-state index is 0.597. The lowest BCUT2D eigenvalue weighted by Crippen LogP contribution is -2.40. The van der Waals surface area contributed by atoms with E-state index in [4.69, 9.17) is 0 Å². The molecule has 0 radical (unpaired) electrons. The molecular weight excluding hydrogens is 232 g/mol. The van der Waals surface area contributed by atoms with Crippen molar-refractivity contribution in [2.24, 2.45) is 5.92 Å². The van der Waals surface area contributed by atoms with Crippen LogP contribution in [0.2, 0.25) is 0 Å². The Morgan fingerprint density at radius 2 is 1.37 bits per heavy atom. The molecular formula is C17H34N2. The molecule has 3 unspecified atom stereocenters. The van der Waals surface area contributed by atoms with Crippen LogP contribution in [0.3, 0.4) is 0 Å². The molecule has 0 aromatic heterocycles. The lowest BCUT2D eigenvalue weighted by atomic mass is 9.94. The number of nitrogens with one attached hydrogen (secondary N) is 2. The summed E-state index contributed by atoms with van der Waals surface area (Å²) in [5, 5.41) is 7.82. The van der Waals surface area contributed by atoms with E-state index in [1.807, 2.05) is 0 Å². The predicted molar refractivity (Wildman–Crippen MR) is 83.3 cm³/mol. The van der Waals surface area contributed by atoms with E-state index in [1.165, 1.54) is 70.6 Å². The molecule has 2 nitrogen and oxygen atoms in total. The van der Waals surface area contributed by atoms with Crippen LogP contribution in [0, 0.1) is 5.92 Å². The molecule has 2 rings (SSSR count). The van der Waals surface area contributed by atoms with Crippen LogP contribution in [0.25, 0.3) is 0 Å². The highest BCUT2D eigenvalue weighted by molar-refractivity contribution is 4.94. The first kappa shape index (κ1) is 15.3. The normalized spacial score (nSPS) is 34.7. The first-order chi connectivity index (χ1) is 9.35. The van der Waals surface area contributed by atoms with Crippen LogP contribution in [-0.2, 0) is 0 Å². The minimum Gasteiger partial charge on any atom is -0.297 e. The van der Waals surface area contributed by atoms with Crippen LogP contribution in [0.15, 0.2) is 0 Å². The molecule has 19 heavy (non-hydrogen) atoms. The Morgan fingerprint density at radius 3 is 1.95 bits per heavy atom. The van der Waals surface area contributed by atoms with Crippen molar-refractivity contribution in [1.82, 2.24) is 10.6 Å². The number of rotatable bonds is 4. The second-order valence-corrected chi connectivity index (χ2v) is 6.68. The maximum Gasteiger partial charge on any atom is 0.0606 e. The molecule has 3 atom stereocenters. The van der Waals surface area contributed by atoms with Gasteiger partial charge in [-0.25, -0.2) is 0 Å². The van der Waals surface area contributed by atoms with Crippen LogP contribution < -0.4 is 10.6 Å². The highest BCUT2D eigenvalue weighted by Gasteiger charge is 2.34. The summed E-state index contributed by atoms with van der Waals surface area (Å²) in [5.74, 6) is 0.869. The lowest BCUT2D eigenvalue weighted by Gasteiger charge is -2.24. The summed E-state index contributed by atoms with van der Waals surface area (Å²) in [7, 11) is 0. The smallest absolute Gasteiger partial charge is 0.0606 e. The molecule has 2 fully saturated rings. The van der Waals surface area contributed by atoms with Gasteiger partial charge < -0.3 is 0 Å². The molecule has 2 aliphatic rings. The summed E-state index contributed by atoms with van der Waals surface area (Å²) in [6.07, 6.45) is 16.1. The monoisotopic (exact) mass is 266 g/mol. The Balaban J connectivity index is 1.88. The molecule has 1 heterocycles. The number of hydrogen-bond donors (Lipinski definition) is 2. The zero-order chi connectivity index (χ0) is 13.5. The highest BCUT2D eigenvalue weighted by Crippen LogP contribution is 2.27. The van der Waals surface area contributed by atoms with Gasteiger partial charge in [-0.2, -0.15) is 0 Å². The van der Waals surface area contributed by atoms with Gasteiger partial charge in [0, 0.05) is 12.1 Å². The van der Waals surface area contributed by atoms with Crippen molar-refractivity contribution in [3.63, 3.8) is 0 Å². The molecule has 2 heteroatoms. The third-order valence-electron chi connectivity index (χ3n) is 5.18. The Morgan fingerprint density at radius 1 is 0.789 bits per heavy atom. The van der Waals surface area contributed by atoms with Crippen LogP contribution in [0.1, 0.15) is 84.5 Å². The van der Waals surface area contributed by atoms with Crippen molar-refractivity contribution in [3.8, 4) is 0 Å². The summed E-state index contributed by atoms with van der Waals surface area (Å²) in [4.78, 5) is 0. The Bertz CT molecular complexity index is 231. The molecule has 1 aliphatic carbocycles. The molecule has 0 spiro atoms. The van der Waals surface area contributed by atoms with Crippen molar-refractivity contribution in [2.75, 3.05) is 0 Å². The third-order valence-corrected chi connectivity index (χ3v) is 5.18. The molecule has 0 aromatic carbocycles. The molecule has 1 aliphatic heterocycles. The van der Waals surface area contributed by atoms with E-state index in [1.54, 1.807) is 0 Å². The van der Waals surface area contributed by atoms with Crippen LogP contribution in [0.4, 0.5) is 0 Å². The lowest BCUT2D eigenvalue weighted by molar-refractivity contribution is 0.299. The van der Waals surface area contributed by atoms with E-state index in [2.05, 4.69) is 24.5 Å². The molecule has 0 aromatic rings. The first-order valence-electron chi connectivity index (χ1n) is 8.87. The van der Waals surface area contributed by atoms with Gasteiger partial charge in [0.2, 0.25) is 0 Å². The van der Waals surface area contributed by atoms with E-state index in [-0.39, 0.29) is 0 Å². The van der Waals surface area contributed by atoms with Gasteiger partial charge in [0.15, 0.2) is 0 Å². The predicted octanol–water partition coefficient (Wildman–Crippen LogP) is 4.20. The maximum atomic E-state index is 3.92. The highest BCUT2D eigenvalue weighted by atomic mass is 15.2. The van der Waals surface area contributed by atoms with Crippen molar-refractivity contribution in [3.05, 3.63) is 0 Å². The average Bonchev–Trinajstić information content (AvgIpc) is 2.86. The molecule has 1 saturated heterocycles. The molecule has 0 amide bonds. The van der Waals surface area contributed by atoms with Crippen molar-refractivity contribution in [2.45, 2.75) is 103 Å². The summed E-state index contributed by atoms with van der Waals surface area (Å²) in [6.45, 7) is 4.63. The van der Waals surface area contributed by atoms with Gasteiger partial charge >= 0.3 is 0 Å². The fraction of sp³-hybridized carbons (Fsp3) is 1.00. The first-order valence-corrected chi connectivity index (χ1v) is 8.87. The molecule has 1 saturated carbocycles. The number of hydrogen-bond acceptors (Lipinski definition) is 2. The minimum absolute atomic E-state index is 0.597. The maximum absolute atomic E-state index is 3.92. The topological polar surface area (TPSA) is 24.1 Å². The van der Waals surface area contributed by atoms with Gasteiger partial charge in [-0.3, -0.25) is 10.6 Å². The average molecular weight is 266 g/mol. The van der Waals surface area contributed by atoms with E-state index in [0.717, 1.165) is 5.92 Å². The van der Waals surface area contributed by atoms with Crippen LogP contribution >= 0.6 is 0 Å². The third kappa shape index (κ3) is 4.46. The van der Waals surface area contributed by atoms with Gasteiger partial charge in [0.25, 0.3) is 0 Å². The zero-order valence-electron chi connectivity index (χ0n) is 13.1. The van der Waals surface area contributed by atoms with E-state index >= 15 is 0 Å². The van der Waals surface area contributed by atoms with Gasteiger partial charge in [-0.15, -0.1) is 0 Å². The van der Waals surface area contributed by atoms with E-state index < -0.39 is 0 Å². The van der Waals surface area contributed by atoms with E-state index in [9.17, 15) is 0 Å². The summed E-state index contributed by atoms with van der Waals surface area (Å²) >= 11 is 0. The Kier molecular flexibility index (Phi) is 6.66. The Hall–Kier alpha value is -0.0800. The Labute approximate surface area is 120 Å². The SMILES string of the molecule is CCCC1NC(C2CCCCCCCC2)NC1CC. The van der Waals surface area contributed by atoms with Crippen molar-refractivity contribution >= 4 is 0 Å². The van der Waals surface area contributed by atoms with Gasteiger partial charge in [0.1, 0.15) is 0 Å². The summed E-state index contributed by atoms with van der Waals surface area (Å²) in [6, 6.07) is 1.42. The molecule has 0 bridgehead atoms. The van der Waals surface area contributed by atoms with Gasteiger partial charge in [0.05, 0.1) is 6.17 Å². The quantitative estimate of drug-likeness (QED) is 0.797. The van der Waals surface area contributed by atoms with Gasteiger partial charge in [-0.1, -0.05) is 58.8 Å². The largest absolute Gasteiger partial charge is 0.297 e. The molecule has 112 valence electrons. The second kappa shape index (κ2) is 8.26.